The van der Waals surface area contributed by atoms with Crippen LogP contribution in [0.3, 0.4) is 0 Å². The molecule has 2 aromatic rings. The number of nitrogens with zero attached hydrogens (tertiary/aromatic N) is 2. The van der Waals surface area contributed by atoms with Gasteiger partial charge in [0, 0.05) is 31.1 Å². The first-order chi connectivity index (χ1) is 13.3. The van der Waals surface area contributed by atoms with Crippen molar-refractivity contribution in [3.05, 3.63) is 53.4 Å². The number of hydrogen-bond donors (Lipinski definition) is 1. The molecule has 6 nitrogen and oxygen atoms in total. The first kappa shape index (κ1) is 18.2. The lowest BCUT2D eigenvalue weighted by Gasteiger charge is -2.32. The molecule has 0 bridgehead atoms. The van der Waals surface area contributed by atoms with Gasteiger partial charge in [0.15, 0.2) is 11.5 Å². The Labute approximate surface area is 159 Å². The highest BCUT2D eigenvalue weighted by molar-refractivity contribution is 5.92. The van der Waals surface area contributed by atoms with E-state index < -0.39 is 0 Å². The standard InChI is InChI=1S/C21H27N3O3/c25-21(20-14-17(27-23-20)15-24-10-12-26-13-11-24)22-19-9-5-4-8-18(19)16-6-2-1-3-7-16/h1-3,6-7,14,18-19H,4-5,8-13,15H2,(H,22,25)/t18-,19+/m0/s1. The van der Waals surface area contributed by atoms with Crippen LogP contribution in [-0.4, -0.2) is 48.3 Å². The molecular formula is C21H27N3O3. The van der Waals surface area contributed by atoms with E-state index in [4.69, 9.17) is 9.26 Å². The van der Waals surface area contributed by atoms with Gasteiger partial charge in [0.2, 0.25) is 0 Å². The molecule has 1 aliphatic carbocycles. The van der Waals surface area contributed by atoms with Gasteiger partial charge in [0.05, 0.1) is 19.8 Å². The van der Waals surface area contributed by atoms with Crippen LogP contribution in [0.15, 0.2) is 40.9 Å². The Morgan fingerprint density at radius 1 is 1.15 bits per heavy atom. The number of rotatable bonds is 5. The second-order valence-electron chi connectivity index (χ2n) is 7.45. The molecule has 2 atom stereocenters. The Balaban J connectivity index is 1.39. The number of carbonyl (C=O) groups is 1. The van der Waals surface area contributed by atoms with Crippen molar-refractivity contribution in [2.45, 2.75) is 44.2 Å². The van der Waals surface area contributed by atoms with Crippen LogP contribution in [0.5, 0.6) is 0 Å². The SMILES string of the molecule is O=C(N[C@@H]1CCCC[C@H]1c1ccccc1)c1cc(CN2CCOCC2)on1. The number of morpholine rings is 1. The van der Waals surface area contributed by atoms with Crippen LogP contribution >= 0.6 is 0 Å². The van der Waals surface area contributed by atoms with Crippen molar-refractivity contribution in [1.29, 1.82) is 0 Å². The fraction of sp³-hybridized carbons (Fsp3) is 0.524. The van der Waals surface area contributed by atoms with Gasteiger partial charge in [0.1, 0.15) is 0 Å². The molecule has 0 unspecified atom stereocenters. The fourth-order valence-corrected chi connectivity index (χ4v) is 4.12. The van der Waals surface area contributed by atoms with Gasteiger partial charge in [-0.1, -0.05) is 48.3 Å². The van der Waals surface area contributed by atoms with Crippen LogP contribution in [0, 0.1) is 0 Å². The first-order valence-corrected chi connectivity index (χ1v) is 9.91. The summed E-state index contributed by atoms with van der Waals surface area (Å²) in [6, 6.07) is 12.4. The molecule has 1 amide bonds. The van der Waals surface area contributed by atoms with Crippen LogP contribution in [0.2, 0.25) is 0 Å². The number of amides is 1. The van der Waals surface area contributed by atoms with E-state index in [2.05, 4.69) is 39.6 Å². The van der Waals surface area contributed by atoms with Crippen molar-refractivity contribution in [2.75, 3.05) is 26.3 Å². The minimum atomic E-state index is -0.139. The second-order valence-corrected chi connectivity index (χ2v) is 7.45. The van der Waals surface area contributed by atoms with Gasteiger partial charge in [-0.25, -0.2) is 0 Å². The number of carbonyl (C=O) groups excluding carboxylic acids is 1. The summed E-state index contributed by atoms with van der Waals surface area (Å²) < 4.78 is 10.8. The Morgan fingerprint density at radius 3 is 2.74 bits per heavy atom. The minimum absolute atomic E-state index is 0.139. The van der Waals surface area contributed by atoms with Crippen LogP contribution in [-0.2, 0) is 11.3 Å². The van der Waals surface area contributed by atoms with E-state index in [-0.39, 0.29) is 11.9 Å². The monoisotopic (exact) mass is 369 g/mol. The molecule has 1 aliphatic heterocycles. The van der Waals surface area contributed by atoms with Gasteiger partial charge in [-0.2, -0.15) is 0 Å². The van der Waals surface area contributed by atoms with E-state index in [1.165, 1.54) is 12.0 Å². The summed E-state index contributed by atoms with van der Waals surface area (Å²) in [7, 11) is 0. The lowest BCUT2D eigenvalue weighted by molar-refractivity contribution is 0.0305. The average molecular weight is 369 g/mol. The molecule has 6 heteroatoms. The van der Waals surface area contributed by atoms with Crippen molar-refractivity contribution >= 4 is 5.91 Å². The summed E-state index contributed by atoms with van der Waals surface area (Å²) >= 11 is 0. The van der Waals surface area contributed by atoms with E-state index in [1.54, 1.807) is 6.07 Å². The molecule has 27 heavy (non-hydrogen) atoms. The zero-order valence-electron chi connectivity index (χ0n) is 15.6. The molecule has 2 aliphatic rings. The molecular weight excluding hydrogens is 342 g/mol. The Hall–Kier alpha value is -2.18. The van der Waals surface area contributed by atoms with Gasteiger partial charge in [0.25, 0.3) is 5.91 Å². The normalized spacial score (nSPS) is 23.9. The average Bonchev–Trinajstić information content (AvgIpc) is 3.18. The maximum atomic E-state index is 12.7. The molecule has 4 rings (SSSR count). The molecule has 1 saturated carbocycles. The van der Waals surface area contributed by atoms with Crippen molar-refractivity contribution in [3.8, 4) is 0 Å². The lowest BCUT2D eigenvalue weighted by Crippen LogP contribution is -2.41. The van der Waals surface area contributed by atoms with Crippen LogP contribution in [0.4, 0.5) is 0 Å². The number of benzene rings is 1. The summed E-state index contributed by atoms with van der Waals surface area (Å²) in [5.41, 5.74) is 1.67. The van der Waals surface area contributed by atoms with E-state index >= 15 is 0 Å². The molecule has 0 radical (unpaired) electrons. The third-order valence-electron chi connectivity index (χ3n) is 5.58. The highest BCUT2D eigenvalue weighted by atomic mass is 16.5. The largest absolute Gasteiger partial charge is 0.379 e. The minimum Gasteiger partial charge on any atom is -0.379 e. The lowest BCUT2D eigenvalue weighted by atomic mass is 9.80. The summed E-state index contributed by atoms with van der Waals surface area (Å²) in [6.07, 6.45) is 4.47. The van der Waals surface area contributed by atoms with Crippen molar-refractivity contribution in [2.24, 2.45) is 0 Å². The van der Waals surface area contributed by atoms with Crippen LogP contribution in [0.25, 0.3) is 0 Å². The maximum Gasteiger partial charge on any atom is 0.273 e. The van der Waals surface area contributed by atoms with Crippen molar-refractivity contribution in [1.82, 2.24) is 15.4 Å². The Morgan fingerprint density at radius 2 is 1.93 bits per heavy atom. The van der Waals surface area contributed by atoms with Crippen LogP contribution < -0.4 is 5.32 Å². The number of hydrogen-bond acceptors (Lipinski definition) is 5. The highest BCUT2D eigenvalue weighted by Gasteiger charge is 2.29. The number of aromatic nitrogens is 1. The van der Waals surface area contributed by atoms with E-state index in [1.807, 2.05) is 6.07 Å². The predicted molar refractivity (Wildman–Crippen MR) is 102 cm³/mol. The van der Waals surface area contributed by atoms with Gasteiger partial charge in [-0.05, 0) is 18.4 Å². The zero-order valence-corrected chi connectivity index (χ0v) is 15.6. The van der Waals surface area contributed by atoms with Gasteiger partial charge >= 0.3 is 0 Å². The summed E-state index contributed by atoms with van der Waals surface area (Å²) in [4.78, 5) is 15.0. The van der Waals surface area contributed by atoms with Gasteiger partial charge in [-0.15, -0.1) is 0 Å². The maximum absolute atomic E-state index is 12.7. The summed E-state index contributed by atoms with van der Waals surface area (Å²) in [5, 5.41) is 7.21. The third-order valence-corrected chi connectivity index (χ3v) is 5.58. The predicted octanol–water partition coefficient (Wildman–Crippen LogP) is 2.96. The molecule has 1 aromatic heterocycles. The van der Waals surface area contributed by atoms with E-state index in [9.17, 15) is 4.79 Å². The van der Waals surface area contributed by atoms with Crippen molar-refractivity contribution in [3.63, 3.8) is 0 Å². The molecule has 0 spiro atoms. The van der Waals surface area contributed by atoms with Gasteiger partial charge < -0.3 is 14.6 Å². The molecule has 2 heterocycles. The fourth-order valence-electron chi connectivity index (χ4n) is 4.12. The molecule has 144 valence electrons. The summed E-state index contributed by atoms with van der Waals surface area (Å²) in [6.45, 7) is 3.90. The quantitative estimate of drug-likeness (QED) is 0.878. The topological polar surface area (TPSA) is 67.6 Å². The zero-order chi connectivity index (χ0) is 18.5. The number of nitrogens with one attached hydrogen (secondary N) is 1. The molecule has 1 saturated heterocycles. The van der Waals surface area contributed by atoms with E-state index in [0.717, 1.165) is 51.3 Å². The Bertz CT molecular complexity index is 740. The second kappa shape index (κ2) is 8.67. The third kappa shape index (κ3) is 4.57. The molecule has 1 aromatic carbocycles. The molecule has 1 N–H and O–H groups in total. The Kier molecular flexibility index (Phi) is 5.84. The van der Waals surface area contributed by atoms with Gasteiger partial charge in [-0.3, -0.25) is 9.69 Å². The van der Waals surface area contributed by atoms with E-state index in [0.29, 0.717) is 18.2 Å². The van der Waals surface area contributed by atoms with Crippen molar-refractivity contribution < 1.29 is 14.1 Å². The van der Waals surface area contributed by atoms with Crippen LogP contribution in [0.1, 0.15) is 53.4 Å². The highest BCUT2D eigenvalue weighted by Crippen LogP contribution is 2.33. The first-order valence-electron chi connectivity index (χ1n) is 9.91. The smallest absolute Gasteiger partial charge is 0.273 e. The summed E-state index contributed by atoms with van der Waals surface area (Å²) in [5.74, 6) is 0.953. The molecule has 2 fully saturated rings. The number of ether oxygens (including phenoxy) is 1.